The number of fused-ring (bicyclic) bond motifs is 2. The summed E-state index contributed by atoms with van der Waals surface area (Å²) in [4.78, 5) is 19.5. The molecule has 0 unspecified atom stereocenters. The molecule has 2 fully saturated rings. The van der Waals surface area contributed by atoms with Gasteiger partial charge in [0.05, 0.1) is 22.5 Å². The molecule has 0 bridgehead atoms. The summed E-state index contributed by atoms with van der Waals surface area (Å²) in [6.45, 7) is -0.168. The Morgan fingerprint density at radius 1 is 1.11 bits per heavy atom. The van der Waals surface area contributed by atoms with Crippen LogP contribution in [0, 0.1) is 5.92 Å². The molecule has 0 atom stereocenters. The zero-order valence-electron chi connectivity index (χ0n) is 19.7. The van der Waals surface area contributed by atoms with Crippen molar-refractivity contribution in [3.8, 4) is 0 Å². The molecule has 1 saturated carbocycles. The Morgan fingerprint density at radius 2 is 1.92 bits per heavy atom. The van der Waals surface area contributed by atoms with E-state index in [0.29, 0.717) is 47.8 Å². The average molecular weight is 548 g/mol. The number of hydrogen-bond acceptors (Lipinski definition) is 8. The van der Waals surface area contributed by atoms with Gasteiger partial charge >= 0.3 is 6.18 Å². The number of amides is 1. The second-order valence-electron chi connectivity index (χ2n) is 9.62. The van der Waals surface area contributed by atoms with Crippen molar-refractivity contribution >= 4 is 50.0 Å². The van der Waals surface area contributed by atoms with E-state index in [4.69, 9.17) is 5.10 Å². The molecule has 37 heavy (non-hydrogen) atoms. The highest BCUT2D eigenvalue weighted by molar-refractivity contribution is 7.99. The number of rotatable bonds is 7. The molecular weight excluding hydrogens is 523 g/mol. The van der Waals surface area contributed by atoms with Gasteiger partial charge in [0.1, 0.15) is 0 Å². The van der Waals surface area contributed by atoms with Gasteiger partial charge in [-0.3, -0.25) is 9.69 Å². The van der Waals surface area contributed by atoms with Gasteiger partial charge in [-0.15, -0.1) is 10.2 Å². The van der Waals surface area contributed by atoms with Crippen molar-refractivity contribution in [3.05, 3.63) is 36.0 Å². The average Bonchev–Trinajstić information content (AvgIpc) is 3.51. The number of piperidine rings is 1. The zero-order chi connectivity index (χ0) is 25.6. The van der Waals surface area contributed by atoms with Gasteiger partial charge in [0.15, 0.2) is 10.8 Å². The maximum atomic E-state index is 12.6. The first-order chi connectivity index (χ1) is 17.8. The molecule has 1 saturated heterocycles. The van der Waals surface area contributed by atoms with Crippen molar-refractivity contribution in [2.45, 2.75) is 54.3 Å². The van der Waals surface area contributed by atoms with E-state index in [2.05, 4.69) is 20.5 Å². The predicted molar refractivity (Wildman–Crippen MR) is 135 cm³/mol. The minimum Gasteiger partial charge on any atom is -0.302 e. The molecule has 8 nitrogen and oxygen atoms in total. The lowest BCUT2D eigenvalue weighted by Crippen LogP contribution is -2.40. The molecule has 2 aliphatic rings. The summed E-state index contributed by atoms with van der Waals surface area (Å²) in [6, 6.07) is 9.85. The van der Waals surface area contributed by atoms with Gasteiger partial charge in [-0.2, -0.15) is 22.8 Å². The van der Waals surface area contributed by atoms with E-state index < -0.39 is 12.7 Å². The summed E-state index contributed by atoms with van der Waals surface area (Å²) in [6.07, 6.45) is -0.394. The topological polar surface area (TPSA) is 88.3 Å². The van der Waals surface area contributed by atoms with Crippen LogP contribution in [0.15, 0.2) is 40.4 Å². The summed E-state index contributed by atoms with van der Waals surface area (Å²) in [7, 11) is 0. The van der Waals surface area contributed by atoms with Crippen LogP contribution in [-0.4, -0.2) is 61.4 Å². The number of halogens is 3. The zero-order valence-corrected chi connectivity index (χ0v) is 21.4. The van der Waals surface area contributed by atoms with E-state index in [1.54, 1.807) is 4.52 Å². The van der Waals surface area contributed by atoms with E-state index in [1.807, 2.05) is 30.3 Å². The normalized spacial score (nSPS) is 17.6. The fourth-order valence-corrected chi connectivity index (χ4v) is 6.43. The van der Waals surface area contributed by atoms with Crippen molar-refractivity contribution in [1.29, 1.82) is 0 Å². The lowest BCUT2D eigenvalue weighted by Gasteiger charge is -2.31. The molecule has 1 aromatic carbocycles. The second kappa shape index (κ2) is 9.84. The number of alkyl halides is 3. The van der Waals surface area contributed by atoms with E-state index in [9.17, 15) is 18.0 Å². The van der Waals surface area contributed by atoms with Gasteiger partial charge in [-0.25, -0.2) is 4.98 Å². The van der Waals surface area contributed by atoms with Crippen molar-refractivity contribution < 1.29 is 18.0 Å². The molecular formula is C24H24F3N7OS2. The van der Waals surface area contributed by atoms with Crippen LogP contribution in [0.2, 0.25) is 0 Å². The maximum absolute atomic E-state index is 12.6. The largest absolute Gasteiger partial charge is 0.401 e. The highest BCUT2D eigenvalue weighted by Gasteiger charge is 2.33. The minimum absolute atomic E-state index is 0.0777. The highest BCUT2D eigenvalue weighted by atomic mass is 32.2. The number of aromatic nitrogens is 5. The van der Waals surface area contributed by atoms with Gasteiger partial charge in [-0.05, 0) is 86.8 Å². The van der Waals surface area contributed by atoms with Crippen LogP contribution in [-0.2, 0) is 4.79 Å². The monoisotopic (exact) mass is 547 g/mol. The first kappa shape index (κ1) is 24.6. The molecule has 1 amide bonds. The highest BCUT2D eigenvalue weighted by Crippen LogP contribution is 2.39. The summed E-state index contributed by atoms with van der Waals surface area (Å²) in [5.74, 6) is 0.457. The molecule has 4 heterocycles. The SMILES string of the molecule is O=C(CC1CCN(CC(F)(F)F)CC1)Nc1nc2ccc(Sc3nnc4ccc(C5CC5)nn34)cc2s1. The maximum Gasteiger partial charge on any atom is 0.401 e. The number of anilines is 1. The number of hydrogen-bond donors (Lipinski definition) is 1. The summed E-state index contributed by atoms with van der Waals surface area (Å²) in [5, 5.41) is 17.3. The van der Waals surface area contributed by atoms with Crippen molar-refractivity contribution in [2.24, 2.45) is 5.92 Å². The fraction of sp³-hybridized carbons (Fsp3) is 0.458. The van der Waals surface area contributed by atoms with E-state index >= 15 is 0 Å². The van der Waals surface area contributed by atoms with Gasteiger partial charge in [-0.1, -0.05) is 11.3 Å². The number of likely N-dealkylation sites (tertiary alicyclic amines) is 1. The molecule has 1 aliphatic carbocycles. The Labute approximate surface area is 218 Å². The lowest BCUT2D eigenvalue weighted by atomic mass is 9.93. The van der Waals surface area contributed by atoms with Crippen LogP contribution < -0.4 is 5.32 Å². The molecule has 4 aromatic rings. The Bertz CT molecular complexity index is 1440. The van der Waals surface area contributed by atoms with Gasteiger partial charge in [0.2, 0.25) is 11.1 Å². The summed E-state index contributed by atoms with van der Waals surface area (Å²) >= 11 is 2.86. The van der Waals surface area contributed by atoms with Crippen LogP contribution in [0.1, 0.15) is 43.7 Å². The molecule has 194 valence electrons. The second-order valence-corrected chi connectivity index (χ2v) is 11.7. The Balaban J connectivity index is 1.08. The third-order valence-electron chi connectivity index (χ3n) is 6.65. The Morgan fingerprint density at radius 3 is 2.68 bits per heavy atom. The minimum atomic E-state index is -4.19. The molecule has 0 radical (unpaired) electrons. The third-order valence-corrected chi connectivity index (χ3v) is 8.51. The molecule has 6 rings (SSSR count). The van der Waals surface area contributed by atoms with Crippen molar-refractivity contribution in [1.82, 2.24) is 29.7 Å². The standard InChI is InChI=1S/C24H24F3N7OS2/c25-24(26,27)13-33-9-7-14(8-10-33)11-21(35)29-22-28-18-4-3-16(12-19(18)37-22)36-23-31-30-20-6-5-17(15-1-2-15)32-34(20)23/h3-6,12,14-15H,1-2,7-11,13H2,(H,28,29,35). The number of benzene rings is 1. The van der Waals surface area contributed by atoms with Crippen LogP contribution in [0.5, 0.6) is 0 Å². The molecule has 1 aliphatic heterocycles. The van der Waals surface area contributed by atoms with Crippen molar-refractivity contribution in [3.63, 3.8) is 0 Å². The number of carbonyl (C=O) groups excluding carboxylic acids is 1. The third kappa shape index (κ3) is 5.88. The summed E-state index contributed by atoms with van der Waals surface area (Å²) < 4.78 is 40.5. The molecule has 13 heteroatoms. The van der Waals surface area contributed by atoms with Crippen molar-refractivity contribution in [2.75, 3.05) is 25.0 Å². The van der Waals surface area contributed by atoms with Crippen LogP contribution >= 0.6 is 23.1 Å². The smallest absolute Gasteiger partial charge is 0.302 e. The van der Waals surface area contributed by atoms with Crippen LogP contribution in [0.25, 0.3) is 15.9 Å². The Hall–Kier alpha value is -2.77. The first-order valence-corrected chi connectivity index (χ1v) is 13.8. The number of carbonyl (C=O) groups is 1. The quantitative estimate of drug-likeness (QED) is 0.333. The van der Waals surface area contributed by atoms with E-state index in [0.717, 1.165) is 20.8 Å². The summed E-state index contributed by atoms with van der Waals surface area (Å²) in [5.41, 5.74) is 2.56. The fourth-order valence-electron chi connectivity index (χ4n) is 4.61. The lowest BCUT2D eigenvalue weighted by molar-refractivity contribution is -0.149. The molecule has 1 N–H and O–H groups in total. The van der Waals surface area contributed by atoms with E-state index in [1.165, 1.54) is 40.8 Å². The predicted octanol–water partition coefficient (Wildman–Crippen LogP) is 5.37. The van der Waals surface area contributed by atoms with Gasteiger partial charge < -0.3 is 5.32 Å². The van der Waals surface area contributed by atoms with Crippen LogP contribution in [0.4, 0.5) is 18.3 Å². The number of nitrogens with one attached hydrogen (secondary N) is 1. The number of nitrogens with zero attached hydrogens (tertiary/aromatic N) is 6. The van der Waals surface area contributed by atoms with Crippen LogP contribution in [0.3, 0.4) is 0 Å². The first-order valence-electron chi connectivity index (χ1n) is 12.2. The molecule has 0 spiro atoms. The van der Waals surface area contributed by atoms with Gasteiger partial charge in [0.25, 0.3) is 0 Å². The van der Waals surface area contributed by atoms with Gasteiger partial charge in [0, 0.05) is 17.2 Å². The Kier molecular flexibility index (Phi) is 6.53. The van der Waals surface area contributed by atoms with E-state index in [-0.39, 0.29) is 18.2 Å². The number of thiazole rings is 1. The molecule has 3 aromatic heterocycles.